The molecule has 27 heavy (non-hydrogen) atoms. The summed E-state index contributed by atoms with van der Waals surface area (Å²) >= 11 is 0. The van der Waals surface area contributed by atoms with Crippen LogP contribution in [0.2, 0.25) is 18.1 Å². The first-order valence-corrected chi connectivity index (χ1v) is 12.3. The van der Waals surface area contributed by atoms with E-state index < -0.39 is 31.7 Å². The molecule has 0 saturated carbocycles. The van der Waals surface area contributed by atoms with Gasteiger partial charge in [-0.2, -0.15) is 0 Å². The summed E-state index contributed by atoms with van der Waals surface area (Å²) < 4.78 is 16.9. The van der Waals surface area contributed by atoms with E-state index in [1.807, 2.05) is 0 Å². The third kappa shape index (κ3) is 11.9. The molecule has 7 nitrogen and oxygen atoms in total. The lowest BCUT2D eigenvalue weighted by Crippen LogP contribution is -2.51. The van der Waals surface area contributed by atoms with Crippen molar-refractivity contribution in [1.29, 1.82) is 0 Å². The van der Waals surface area contributed by atoms with Gasteiger partial charge in [-0.1, -0.05) is 20.8 Å². The van der Waals surface area contributed by atoms with Crippen LogP contribution in [0.25, 0.3) is 0 Å². The van der Waals surface area contributed by atoms with Gasteiger partial charge in [0.05, 0.1) is 6.10 Å². The second-order valence-electron chi connectivity index (χ2n) is 10.3. The Balaban J connectivity index is 4.95. The van der Waals surface area contributed by atoms with Crippen LogP contribution in [0, 0.1) is 0 Å². The largest absolute Gasteiger partial charge is 0.444 e. The van der Waals surface area contributed by atoms with Gasteiger partial charge in [-0.05, 0) is 59.7 Å². The minimum Gasteiger partial charge on any atom is -0.444 e. The van der Waals surface area contributed by atoms with E-state index >= 15 is 0 Å². The number of hydrogen-bond donors (Lipinski definition) is 2. The van der Waals surface area contributed by atoms with Crippen LogP contribution in [0.3, 0.4) is 0 Å². The average molecular weight is 405 g/mol. The normalized spacial score (nSPS) is 13.3. The molecule has 0 radical (unpaired) electrons. The molecule has 0 aromatic rings. The summed E-state index contributed by atoms with van der Waals surface area (Å²) in [5.74, 6) is 0. The molecule has 0 heterocycles. The molecule has 0 spiro atoms. The predicted octanol–water partition coefficient (Wildman–Crippen LogP) is 4.43. The summed E-state index contributed by atoms with van der Waals surface area (Å²) in [5.41, 5.74) is -1.15. The first-order chi connectivity index (χ1) is 11.8. The van der Waals surface area contributed by atoms with Gasteiger partial charge in [-0.3, -0.25) is 0 Å². The van der Waals surface area contributed by atoms with Crippen molar-refractivity contribution in [2.45, 2.75) is 97.8 Å². The Bertz CT molecular complexity index is 470. The van der Waals surface area contributed by atoms with Crippen LogP contribution in [0.1, 0.15) is 62.3 Å². The van der Waals surface area contributed by atoms with E-state index in [4.69, 9.17) is 13.9 Å². The van der Waals surface area contributed by atoms with Gasteiger partial charge in [0, 0.05) is 13.1 Å². The van der Waals surface area contributed by atoms with Crippen molar-refractivity contribution in [3.05, 3.63) is 0 Å². The Kier molecular flexibility index (Phi) is 8.83. The maximum absolute atomic E-state index is 12.0. The van der Waals surface area contributed by atoms with Crippen LogP contribution >= 0.6 is 0 Å². The molecule has 0 aromatic carbocycles. The number of alkyl carbamates (subject to hydrolysis) is 2. The quantitative estimate of drug-likeness (QED) is 0.640. The van der Waals surface area contributed by atoms with Crippen molar-refractivity contribution < 1.29 is 23.5 Å². The van der Waals surface area contributed by atoms with Crippen LogP contribution in [-0.2, 0) is 13.9 Å². The minimum atomic E-state index is -2.09. The average Bonchev–Trinajstić information content (AvgIpc) is 2.36. The Morgan fingerprint density at radius 3 is 1.37 bits per heavy atom. The van der Waals surface area contributed by atoms with E-state index in [9.17, 15) is 9.59 Å². The van der Waals surface area contributed by atoms with E-state index in [0.717, 1.165) is 0 Å². The number of ether oxygens (including phenoxy) is 2. The Morgan fingerprint density at radius 1 is 0.778 bits per heavy atom. The molecular weight excluding hydrogens is 364 g/mol. The lowest BCUT2D eigenvalue weighted by molar-refractivity contribution is 0.0467. The summed E-state index contributed by atoms with van der Waals surface area (Å²) in [6.07, 6.45) is -1.40. The zero-order valence-electron chi connectivity index (χ0n) is 19.0. The summed E-state index contributed by atoms with van der Waals surface area (Å²) in [4.78, 5) is 23.9. The molecule has 0 unspecified atom stereocenters. The number of rotatable bonds is 6. The van der Waals surface area contributed by atoms with Gasteiger partial charge in [-0.25, -0.2) is 9.59 Å². The maximum atomic E-state index is 12.0. The minimum absolute atomic E-state index is 0.00306. The molecule has 2 amide bonds. The van der Waals surface area contributed by atoms with E-state index in [2.05, 4.69) is 44.5 Å². The fourth-order valence-electron chi connectivity index (χ4n) is 1.77. The molecule has 0 saturated heterocycles. The van der Waals surface area contributed by atoms with Crippen molar-refractivity contribution in [3.63, 3.8) is 0 Å². The fraction of sp³-hybridized carbons (Fsp3) is 0.895. The zero-order chi connectivity index (χ0) is 21.7. The van der Waals surface area contributed by atoms with Crippen molar-refractivity contribution in [2.24, 2.45) is 0 Å². The Hall–Kier alpha value is -1.28. The van der Waals surface area contributed by atoms with E-state index in [-0.39, 0.29) is 24.2 Å². The van der Waals surface area contributed by atoms with Gasteiger partial charge < -0.3 is 24.5 Å². The molecule has 0 aliphatic heterocycles. The van der Waals surface area contributed by atoms with Crippen molar-refractivity contribution >= 4 is 20.5 Å². The SMILES string of the molecule is CC(C)(C)OC(=O)NCC(CNC(=O)OC(C)(C)C)O[Si](C)(C)C(C)(C)C. The Labute approximate surface area is 166 Å². The highest BCUT2D eigenvalue weighted by molar-refractivity contribution is 6.74. The molecule has 0 bridgehead atoms. The lowest BCUT2D eigenvalue weighted by Gasteiger charge is -2.39. The lowest BCUT2D eigenvalue weighted by atomic mass is 10.2. The van der Waals surface area contributed by atoms with Crippen LogP contribution < -0.4 is 10.6 Å². The maximum Gasteiger partial charge on any atom is 0.407 e. The molecule has 160 valence electrons. The smallest absolute Gasteiger partial charge is 0.407 e. The molecule has 0 aromatic heterocycles. The number of nitrogens with one attached hydrogen (secondary N) is 2. The van der Waals surface area contributed by atoms with Crippen LogP contribution in [-0.4, -0.2) is 50.9 Å². The molecule has 2 N–H and O–H groups in total. The summed E-state index contributed by atoms with van der Waals surface area (Å²) in [5, 5.41) is 5.46. The molecular formula is C19H40N2O5Si. The third-order valence-electron chi connectivity index (χ3n) is 4.01. The topological polar surface area (TPSA) is 85.9 Å². The van der Waals surface area contributed by atoms with Gasteiger partial charge in [0.2, 0.25) is 0 Å². The van der Waals surface area contributed by atoms with Crippen LogP contribution in [0.4, 0.5) is 9.59 Å². The van der Waals surface area contributed by atoms with Crippen molar-refractivity contribution in [2.75, 3.05) is 13.1 Å². The third-order valence-corrected chi connectivity index (χ3v) is 8.55. The second-order valence-corrected chi connectivity index (χ2v) is 15.0. The predicted molar refractivity (Wildman–Crippen MR) is 111 cm³/mol. The van der Waals surface area contributed by atoms with Gasteiger partial charge in [0.15, 0.2) is 8.32 Å². The van der Waals surface area contributed by atoms with Gasteiger partial charge in [-0.15, -0.1) is 0 Å². The van der Waals surface area contributed by atoms with E-state index in [0.29, 0.717) is 0 Å². The highest BCUT2D eigenvalue weighted by atomic mass is 28.4. The molecule has 0 atom stereocenters. The highest BCUT2D eigenvalue weighted by Gasteiger charge is 2.39. The van der Waals surface area contributed by atoms with Gasteiger partial charge in [0.1, 0.15) is 11.2 Å². The van der Waals surface area contributed by atoms with Crippen LogP contribution in [0.5, 0.6) is 0 Å². The fourth-order valence-corrected chi connectivity index (χ4v) is 3.13. The number of amides is 2. The van der Waals surface area contributed by atoms with Gasteiger partial charge >= 0.3 is 12.2 Å². The van der Waals surface area contributed by atoms with Crippen molar-refractivity contribution in [1.82, 2.24) is 10.6 Å². The monoisotopic (exact) mass is 404 g/mol. The molecule has 0 aliphatic carbocycles. The van der Waals surface area contributed by atoms with E-state index in [1.165, 1.54) is 0 Å². The van der Waals surface area contributed by atoms with Gasteiger partial charge in [0.25, 0.3) is 0 Å². The summed E-state index contributed by atoms with van der Waals surface area (Å²) in [7, 11) is -2.09. The van der Waals surface area contributed by atoms with Crippen LogP contribution in [0.15, 0.2) is 0 Å². The van der Waals surface area contributed by atoms with E-state index in [1.54, 1.807) is 41.5 Å². The molecule has 0 fully saturated rings. The Morgan fingerprint density at radius 2 is 1.11 bits per heavy atom. The first kappa shape index (κ1) is 25.7. The molecule has 0 rings (SSSR count). The number of hydrogen-bond acceptors (Lipinski definition) is 5. The standard InChI is InChI=1S/C19H40N2O5Si/c1-17(2,3)24-15(22)20-12-14(26-27(10,11)19(7,8)9)13-21-16(23)25-18(4,5)6/h14H,12-13H2,1-11H3,(H,20,22)(H,21,23). The highest BCUT2D eigenvalue weighted by Crippen LogP contribution is 2.37. The molecule has 0 aliphatic rings. The zero-order valence-corrected chi connectivity index (χ0v) is 20.0. The summed E-state index contributed by atoms with van der Waals surface area (Å²) in [6, 6.07) is 0. The number of carbonyl (C=O) groups excluding carboxylic acids is 2. The summed E-state index contributed by atoms with van der Waals surface area (Å²) in [6.45, 7) is 22.0. The number of carbonyl (C=O) groups is 2. The molecule has 8 heteroatoms. The first-order valence-electron chi connectivity index (χ1n) is 9.44. The van der Waals surface area contributed by atoms with Crippen molar-refractivity contribution in [3.8, 4) is 0 Å². The second kappa shape index (κ2) is 9.27.